The van der Waals surface area contributed by atoms with Gasteiger partial charge in [-0.15, -0.1) is 0 Å². The number of carbonyl (C=O) groups excluding carboxylic acids is 3. The van der Waals surface area contributed by atoms with Gasteiger partial charge in [-0.25, -0.2) is 4.98 Å². The zero-order valence-corrected chi connectivity index (χ0v) is 15.7. The number of hydrogen-bond acceptors (Lipinski definition) is 6. The molecule has 146 valence electrons. The van der Waals surface area contributed by atoms with Crippen molar-refractivity contribution >= 4 is 17.8 Å². The fourth-order valence-electron chi connectivity index (χ4n) is 3.79. The maximum atomic E-state index is 12.9. The van der Waals surface area contributed by atoms with Crippen molar-refractivity contribution in [2.45, 2.75) is 32.6 Å². The summed E-state index contributed by atoms with van der Waals surface area (Å²) < 4.78 is 5.08. The highest BCUT2D eigenvalue weighted by molar-refractivity contribution is 5.92. The van der Waals surface area contributed by atoms with Crippen molar-refractivity contribution in [2.75, 3.05) is 32.8 Å². The van der Waals surface area contributed by atoms with Crippen LogP contribution in [0.15, 0.2) is 18.6 Å². The van der Waals surface area contributed by atoms with Crippen molar-refractivity contribution in [2.24, 2.45) is 11.8 Å². The molecule has 0 saturated carbocycles. The molecule has 2 aliphatic heterocycles. The topological polar surface area (TPSA) is 92.7 Å². The second kappa shape index (κ2) is 8.92. The van der Waals surface area contributed by atoms with Gasteiger partial charge in [-0.1, -0.05) is 0 Å². The Labute approximate surface area is 158 Å². The molecule has 3 heterocycles. The van der Waals surface area contributed by atoms with E-state index in [9.17, 15) is 14.4 Å². The van der Waals surface area contributed by atoms with Gasteiger partial charge >= 0.3 is 5.97 Å². The predicted octanol–water partition coefficient (Wildman–Crippen LogP) is 1.13. The molecule has 27 heavy (non-hydrogen) atoms. The molecule has 1 aromatic heterocycles. The zero-order valence-electron chi connectivity index (χ0n) is 15.7. The van der Waals surface area contributed by atoms with Gasteiger partial charge in [-0.2, -0.15) is 0 Å². The molecule has 2 amide bonds. The lowest BCUT2D eigenvalue weighted by Gasteiger charge is -2.37. The molecule has 3 rings (SSSR count). The highest BCUT2D eigenvalue weighted by Crippen LogP contribution is 2.24. The highest BCUT2D eigenvalue weighted by Gasteiger charge is 2.34. The van der Waals surface area contributed by atoms with E-state index in [1.165, 1.54) is 18.6 Å². The van der Waals surface area contributed by atoms with Crippen LogP contribution in [-0.4, -0.2) is 70.3 Å². The van der Waals surface area contributed by atoms with Crippen LogP contribution in [0, 0.1) is 11.8 Å². The Balaban J connectivity index is 1.55. The van der Waals surface area contributed by atoms with Gasteiger partial charge in [-0.3, -0.25) is 19.4 Å². The summed E-state index contributed by atoms with van der Waals surface area (Å²) in [6.45, 7) is 4.35. The van der Waals surface area contributed by atoms with E-state index in [-0.39, 0.29) is 29.6 Å². The highest BCUT2D eigenvalue weighted by atomic mass is 16.5. The Morgan fingerprint density at radius 2 is 1.85 bits per heavy atom. The molecular weight excluding hydrogens is 348 g/mol. The lowest BCUT2D eigenvalue weighted by molar-refractivity contribution is -0.152. The van der Waals surface area contributed by atoms with Crippen molar-refractivity contribution < 1.29 is 19.1 Å². The third-order valence-corrected chi connectivity index (χ3v) is 5.27. The number of carbonyl (C=O) groups is 3. The van der Waals surface area contributed by atoms with Crippen molar-refractivity contribution in [3.8, 4) is 0 Å². The van der Waals surface area contributed by atoms with Gasteiger partial charge in [0.2, 0.25) is 5.91 Å². The zero-order chi connectivity index (χ0) is 19.2. The standard InChI is InChI=1S/C19H26N4O4/c1-2-27-19(26)14-5-10-22(11-6-14)17(24)15-4-3-9-23(13-15)18(25)16-12-20-7-8-21-16/h7-8,12,14-15H,2-6,9-11,13H2,1H3/t15-/m0/s1. The Kier molecular flexibility index (Phi) is 6.36. The van der Waals surface area contributed by atoms with Crippen LogP contribution in [0.3, 0.4) is 0 Å². The predicted molar refractivity (Wildman–Crippen MR) is 96.6 cm³/mol. The summed E-state index contributed by atoms with van der Waals surface area (Å²) >= 11 is 0. The van der Waals surface area contributed by atoms with E-state index in [1.54, 1.807) is 11.8 Å². The number of rotatable bonds is 4. The van der Waals surface area contributed by atoms with Crippen LogP contribution in [0.25, 0.3) is 0 Å². The van der Waals surface area contributed by atoms with Crippen molar-refractivity contribution in [1.29, 1.82) is 0 Å². The van der Waals surface area contributed by atoms with Crippen molar-refractivity contribution in [3.63, 3.8) is 0 Å². The minimum atomic E-state index is -0.196. The summed E-state index contributed by atoms with van der Waals surface area (Å²) in [5.74, 6) is -0.577. The second-order valence-corrected chi connectivity index (χ2v) is 7.03. The smallest absolute Gasteiger partial charge is 0.309 e. The summed E-state index contributed by atoms with van der Waals surface area (Å²) in [7, 11) is 0. The monoisotopic (exact) mass is 374 g/mol. The van der Waals surface area contributed by atoms with Crippen LogP contribution in [0.5, 0.6) is 0 Å². The van der Waals surface area contributed by atoms with E-state index < -0.39 is 0 Å². The molecule has 8 nitrogen and oxygen atoms in total. The normalized spacial score (nSPS) is 21.0. The molecule has 2 aliphatic rings. The number of aromatic nitrogens is 2. The van der Waals surface area contributed by atoms with Crippen LogP contribution in [-0.2, 0) is 14.3 Å². The number of esters is 1. The number of likely N-dealkylation sites (tertiary alicyclic amines) is 2. The van der Waals surface area contributed by atoms with Crippen LogP contribution in [0.4, 0.5) is 0 Å². The van der Waals surface area contributed by atoms with E-state index in [0.29, 0.717) is 51.3 Å². The van der Waals surface area contributed by atoms with Gasteiger partial charge in [-0.05, 0) is 32.6 Å². The second-order valence-electron chi connectivity index (χ2n) is 7.03. The van der Waals surface area contributed by atoms with E-state index >= 15 is 0 Å². The number of ether oxygens (including phenoxy) is 1. The Hall–Kier alpha value is -2.51. The largest absolute Gasteiger partial charge is 0.466 e. The summed E-state index contributed by atoms with van der Waals surface area (Å²) in [5.41, 5.74) is 0.306. The van der Waals surface area contributed by atoms with Crippen molar-refractivity contribution in [1.82, 2.24) is 19.8 Å². The molecule has 0 bridgehead atoms. The molecule has 2 saturated heterocycles. The molecule has 0 unspecified atom stereocenters. The van der Waals surface area contributed by atoms with Crippen molar-refractivity contribution in [3.05, 3.63) is 24.3 Å². The fourth-order valence-corrected chi connectivity index (χ4v) is 3.79. The minimum Gasteiger partial charge on any atom is -0.466 e. The number of amides is 2. The SMILES string of the molecule is CCOC(=O)C1CCN(C(=O)[C@H]2CCCN(C(=O)c3cnccn3)C2)CC1. The quantitative estimate of drug-likeness (QED) is 0.734. The third-order valence-electron chi connectivity index (χ3n) is 5.27. The number of piperidine rings is 2. The van der Waals surface area contributed by atoms with E-state index in [2.05, 4.69) is 9.97 Å². The number of hydrogen-bond donors (Lipinski definition) is 0. The van der Waals surface area contributed by atoms with Gasteiger partial charge in [0, 0.05) is 38.6 Å². The first kappa shape index (κ1) is 19.3. The first-order chi connectivity index (χ1) is 13.1. The lowest BCUT2D eigenvalue weighted by atomic mass is 9.92. The van der Waals surface area contributed by atoms with E-state index in [1.807, 2.05) is 4.90 Å². The first-order valence-electron chi connectivity index (χ1n) is 9.60. The van der Waals surface area contributed by atoms with E-state index in [0.717, 1.165) is 12.8 Å². The van der Waals surface area contributed by atoms with Crippen LogP contribution in [0.1, 0.15) is 43.1 Å². The Morgan fingerprint density at radius 1 is 1.07 bits per heavy atom. The average Bonchev–Trinajstić information content (AvgIpc) is 2.73. The third kappa shape index (κ3) is 4.61. The summed E-state index contributed by atoms with van der Waals surface area (Å²) in [4.78, 5) is 48.8. The molecule has 1 aromatic rings. The van der Waals surface area contributed by atoms with Gasteiger partial charge in [0.25, 0.3) is 5.91 Å². The van der Waals surface area contributed by atoms with Gasteiger partial charge in [0.05, 0.1) is 24.6 Å². The molecule has 1 atom stereocenters. The summed E-state index contributed by atoms with van der Waals surface area (Å²) in [6, 6.07) is 0. The van der Waals surface area contributed by atoms with E-state index in [4.69, 9.17) is 4.74 Å². The maximum absolute atomic E-state index is 12.9. The van der Waals surface area contributed by atoms with Gasteiger partial charge < -0.3 is 14.5 Å². The van der Waals surface area contributed by atoms with Crippen LogP contribution < -0.4 is 0 Å². The number of nitrogens with zero attached hydrogens (tertiary/aromatic N) is 4. The molecule has 2 fully saturated rings. The maximum Gasteiger partial charge on any atom is 0.309 e. The Morgan fingerprint density at radius 3 is 2.52 bits per heavy atom. The molecule has 0 aliphatic carbocycles. The fraction of sp³-hybridized carbons (Fsp3) is 0.632. The Bertz CT molecular complexity index is 674. The van der Waals surface area contributed by atoms with Gasteiger partial charge in [0.15, 0.2) is 0 Å². The molecule has 0 spiro atoms. The first-order valence-corrected chi connectivity index (χ1v) is 9.60. The molecule has 0 N–H and O–H groups in total. The average molecular weight is 374 g/mol. The molecule has 8 heteroatoms. The molecular formula is C19H26N4O4. The van der Waals surface area contributed by atoms with Crippen LogP contribution in [0.2, 0.25) is 0 Å². The summed E-state index contributed by atoms with van der Waals surface area (Å²) in [5, 5.41) is 0. The molecule has 0 aromatic carbocycles. The summed E-state index contributed by atoms with van der Waals surface area (Å²) in [6.07, 6.45) is 7.32. The van der Waals surface area contributed by atoms with Gasteiger partial charge in [0.1, 0.15) is 5.69 Å². The van der Waals surface area contributed by atoms with Crippen LogP contribution >= 0.6 is 0 Å². The lowest BCUT2D eigenvalue weighted by Crippen LogP contribution is -2.49. The minimum absolute atomic E-state index is 0.0777. The molecule has 0 radical (unpaired) electrons.